The van der Waals surface area contributed by atoms with Gasteiger partial charge >= 0.3 is 0 Å². The van der Waals surface area contributed by atoms with Gasteiger partial charge in [-0.25, -0.2) is 4.99 Å². The molecule has 1 fully saturated rings. The molecule has 3 aromatic rings. The monoisotopic (exact) mass is 492 g/mol. The van der Waals surface area contributed by atoms with E-state index in [9.17, 15) is 4.79 Å². The smallest absolute Gasteiger partial charge is 0.264 e. The van der Waals surface area contributed by atoms with Gasteiger partial charge in [-0.05, 0) is 54.2 Å². The Kier molecular flexibility index (Phi) is 5.64. The zero-order valence-electron chi connectivity index (χ0n) is 14.1. The lowest BCUT2D eigenvalue weighted by atomic mass is 10.2. The second-order valence-corrected chi connectivity index (χ2v) is 8.55. The SMILES string of the molecule is O=C1NC(=Nc2ccc(Cl)c(Cl)c2)SC1=Cc1ccc(-c2ccc(Br)cc2)o1. The van der Waals surface area contributed by atoms with E-state index < -0.39 is 0 Å². The van der Waals surface area contributed by atoms with Crippen molar-refractivity contribution < 1.29 is 9.21 Å². The second-order valence-electron chi connectivity index (χ2n) is 5.79. The lowest BCUT2D eigenvalue weighted by Crippen LogP contribution is -2.19. The predicted molar refractivity (Wildman–Crippen MR) is 119 cm³/mol. The Morgan fingerprint density at radius 2 is 1.82 bits per heavy atom. The van der Waals surface area contributed by atoms with Crippen LogP contribution in [-0.2, 0) is 4.79 Å². The van der Waals surface area contributed by atoms with E-state index in [4.69, 9.17) is 27.6 Å². The number of nitrogens with one attached hydrogen (secondary N) is 1. The fourth-order valence-electron chi connectivity index (χ4n) is 2.48. The summed E-state index contributed by atoms with van der Waals surface area (Å²) in [6, 6.07) is 16.5. The van der Waals surface area contributed by atoms with E-state index in [0.717, 1.165) is 15.8 Å². The molecule has 2 aromatic carbocycles. The maximum atomic E-state index is 12.2. The Bertz CT molecular complexity index is 1120. The summed E-state index contributed by atoms with van der Waals surface area (Å²) < 4.78 is 6.84. The number of hydrogen-bond donors (Lipinski definition) is 1. The zero-order chi connectivity index (χ0) is 19.7. The van der Waals surface area contributed by atoms with E-state index in [1.54, 1.807) is 24.3 Å². The molecule has 0 radical (unpaired) electrons. The average Bonchev–Trinajstić information content (AvgIpc) is 3.26. The number of amidine groups is 1. The number of rotatable bonds is 3. The lowest BCUT2D eigenvalue weighted by molar-refractivity contribution is -0.115. The van der Waals surface area contributed by atoms with Gasteiger partial charge < -0.3 is 9.73 Å². The van der Waals surface area contributed by atoms with E-state index in [0.29, 0.717) is 31.6 Å². The third-order valence-electron chi connectivity index (χ3n) is 3.81. The molecule has 1 saturated heterocycles. The Morgan fingerprint density at radius 3 is 2.57 bits per heavy atom. The quantitative estimate of drug-likeness (QED) is 0.403. The molecule has 0 unspecified atom stereocenters. The van der Waals surface area contributed by atoms with Crippen LogP contribution in [0.2, 0.25) is 10.0 Å². The number of halogens is 3. The van der Waals surface area contributed by atoms with Crippen molar-refractivity contribution in [2.45, 2.75) is 0 Å². The van der Waals surface area contributed by atoms with Crippen molar-refractivity contribution in [1.82, 2.24) is 5.32 Å². The van der Waals surface area contributed by atoms with Crippen LogP contribution in [0.3, 0.4) is 0 Å². The van der Waals surface area contributed by atoms with Gasteiger partial charge in [0.05, 0.1) is 20.6 Å². The number of nitrogens with zero attached hydrogens (tertiary/aromatic N) is 1. The van der Waals surface area contributed by atoms with Gasteiger partial charge in [-0.15, -0.1) is 0 Å². The first-order chi connectivity index (χ1) is 13.5. The molecule has 0 saturated carbocycles. The molecule has 28 heavy (non-hydrogen) atoms. The zero-order valence-corrected chi connectivity index (χ0v) is 18.0. The normalized spacial score (nSPS) is 16.8. The van der Waals surface area contributed by atoms with Crippen LogP contribution in [0.1, 0.15) is 5.76 Å². The summed E-state index contributed by atoms with van der Waals surface area (Å²) >= 11 is 16.6. The molecule has 1 aliphatic rings. The van der Waals surface area contributed by atoms with E-state index in [1.807, 2.05) is 36.4 Å². The highest BCUT2D eigenvalue weighted by Gasteiger charge is 2.24. The highest BCUT2D eigenvalue weighted by molar-refractivity contribution is 9.10. The van der Waals surface area contributed by atoms with E-state index in [1.165, 1.54) is 11.8 Å². The van der Waals surface area contributed by atoms with Gasteiger partial charge in [0.2, 0.25) is 0 Å². The number of aliphatic imine (C=N–C) groups is 1. The third-order valence-corrected chi connectivity index (χ3v) is 5.99. The number of carbonyl (C=O) groups is 1. The summed E-state index contributed by atoms with van der Waals surface area (Å²) in [5.74, 6) is 1.09. The fraction of sp³-hybridized carbons (Fsp3) is 0. The summed E-state index contributed by atoms with van der Waals surface area (Å²) in [6.45, 7) is 0. The van der Waals surface area contributed by atoms with Crippen molar-refractivity contribution in [2.75, 3.05) is 0 Å². The number of thioether (sulfide) groups is 1. The van der Waals surface area contributed by atoms with E-state index in [2.05, 4.69) is 26.2 Å². The predicted octanol–water partition coefficient (Wildman–Crippen LogP) is 6.91. The Morgan fingerprint density at radius 1 is 1.04 bits per heavy atom. The summed E-state index contributed by atoms with van der Waals surface area (Å²) in [6.07, 6.45) is 1.69. The van der Waals surface area contributed by atoms with E-state index in [-0.39, 0.29) is 5.91 Å². The van der Waals surface area contributed by atoms with Gasteiger partial charge in [-0.1, -0.05) is 51.3 Å². The molecule has 1 amide bonds. The molecular formula is C20H11BrCl2N2O2S. The van der Waals surface area contributed by atoms with Crippen LogP contribution in [0.15, 0.2) is 73.4 Å². The summed E-state index contributed by atoms with van der Waals surface area (Å²) in [5, 5.41) is 4.06. The van der Waals surface area contributed by atoms with Crippen LogP contribution in [0, 0.1) is 0 Å². The van der Waals surface area contributed by atoms with Gasteiger partial charge in [-0.3, -0.25) is 4.79 Å². The maximum Gasteiger partial charge on any atom is 0.264 e. The topological polar surface area (TPSA) is 54.6 Å². The van der Waals surface area contributed by atoms with Crippen molar-refractivity contribution in [3.05, 3.63) is 79.8 Å². The summed E-state index contributed by atoms with van der Waals surface area (Å²) in [7, 11) is 0. The summed E-state index contributed by atoms with van der Waals surface area (Å²) in [4.78, 5) is 17.1. The van der Waals surface area contributed by atoms with Gasteiger partial charge in [0.1, 0.15) is 11.5 Å². The lowest BCUT2D eigenvalue weighted by Gasteiger charge is -1.98. The van der Waals surface area contributed by atoms with Crippen molar-refractivity contribution in [1.29, 1.82) is 0 Å². The van der Waals surface area contributed by atoms with Crippen molar-refractivity contribution in [3.8, 4) is 11.3 Å². The molecular weight excluding hydrogens is 483 g/mol. The minimum absolute atomic E-state index is 0.231. The number of hydrogen-bond acceptors (Lipinski definition) is 4. The molecule has 1 N–H and O–H groups in total. The van der Waals surface area contributed by atoms with Gasteiger partial charge in [0, 0.05) is 16.1 Å². The molecule has 0 spiro atoms. The second kappa shape index (κ2) is 8.17. The highest BCUT2D eigenvalue weighted by Crippen LogP contribution is 2.32. The van der Waals surface area contributed by atoms with Crippen LogP contribution in [0.4, 0.5) is 5.69 Å². The molecule has 0 atom stereocenters. The minimum Gasteiger partial charge on any atom is -0.457 e. The first kappa shape index (κ1) is 19.3. The minimum atomic E-state index is -0.231. The number of amides is 1. The molecule has 140 valence electrons. The molecule has 1 aromatic heterocycles. The number of furan rings is 1. The molecule has 4 nitrogen and oxygen atoms in total. The first-order valence-corrected chi connectivity index (χ1v) is 10.4. The molecule has 0 aliphatic carbocycles. The van der Waals surface area contributed by atoms with Crippen molar-refractivity contribution in [2.24, 2.45) is 4.99 Å². The average molecular weight is 494 g/mol. The Labute approximate surface area is 183 Å². The van der Waals surface area contributed by atoms with Crippen molar-refractivity contribution >= 4 is 73.7 Å². The van der Waals surface area contributed by atoms with Crippen molar-refractivity contribution in [3.63, 3.8) is 0 Å². The number of benzene rings is 2. The van der Waals surface area contributed by atoms with Crippen LogP contribution in [0.5, 0.6) is 0 Å². The van der Waals surface area contributed by atoms with Gasteiger partial charge in [0.25, 0.3) is 5.91 Å². The molecule has 4 rings (SSSR count). The maximum absolute atomic E-state index is 12.2. The van der Waals surface area contributed by atoms with Crippen LogP contribution in [-0.4, -0.2) is 11.1 Å². The van der Waals surface area contributed by atoms with Crippen LogP contribution < -0.4 is 5.32 Å². The van der Waals surface area contributed by atoms with E-state index >= 15 is 0 Å². The standard InChI is InChI=1S/C20H11BrCl2N2O2S/c21-12-3-1-11(2-4-12)17-8-6-14(27-17)10-18-19(26)25-20(28-18)24-13-5-7-15(22)16(23)9-13/h1-10H,(H,24,25,26). The highest BCUT2D eigenvalue weighted by atomic mass is 79.9. The van der Waals surface area contributed by atoms with Crippen LogP contribution in [0.25, 0.3) is 17.4 Å². The largest absolute Gasteiger partial charge is 0.457 e. The Hall–Kier alpha value is -1.99. The van der Waals surface area contributed by atoms with Gasteiger partial charge in [0.15, 0.2) is 5.17 Å². The molecule has 2 heterocycles. The van der Waals surface area contributed by atoms with Crippen LogP contribution >= 0.6 is 50.9 Å². The summed E-state index contributed by atoms with van der Waals surface area (Å²) in [5.41, 5.74) is 1.56. The molecule has 1 aliphatic heterocycles. The number of carbonyl (C=O) groups excluding carboxylic acids is 1. The fourth-order valence-corrected chi connectivity index (χ4v) is 3.86. The Balaban J connectivity index is 1.54. The molecule has 0 bridgehead atoms. The molecule has 8 heteroatoms. The third kappa shape index (κ3) is 4.36. The first-order valence-electron chi connectivity index (χ1n) is 8.08. The van der Waals surface area contributed by atoms with Gasteiger partial charge in [-0.2, -0.15) is 0 Å².